The molecule has 0 fully saturated rings. The lowest BCUT2D eigenvalue weighted by molar-refractivity contribution is -0.137. The Morgan fingerprint density at radius 3 is 2.40 bits per heavy atom. The van der Waals surface area contributed by atoms with Crippen molar-refractivity contribution >= 4 is 22.6 Å². The zero-order valence-electron chi connectivity index (χ0n) is 13.5. The van der Waals surface area contributed by atoms with E-state index in [4.69, 9.17) is 5.11 Å². The molecule has 0 bridgehead atoms. The first kappa shape index (κ1) is 18.6. The average Bonchev–Trinajstić information content (AvgIpc) is 2.56. The van der Waals surface area contributed by atoms with E-state index in [0.29, 0.717) is 31.2 Å². The zero-order chi connectivity index (χ0) is 18.2. The van der Waals surface area contributed by atoms with Crippen molar-refractivity contribution in [1.29, 1.82) is 0 Å². The summed E-state index contributed by atoms with van der Waals surface area (Å²) in [5, 5.41) is 12.6. The number of fused-ring (bicyclic) bond motifs is 1. The van der Waals surface area contributed by atoms with Gasteiger partial charge in [0, 0.05) is 13.0 Å². The Morgan fingerprint density at radius 2 is 1.76 bits per heavy atom. The van der Waals surface area contributed by atoms with Gasteiger partial charge in [-0.05, 0) is 35.7 Å². The summed E-state index contributed by atoms with van der Waals surface area (Å²) in [6, 6.07) is 10.0. The van der Waals surface area contributed by atoms with E-state index < -0.39 is 18.5 Å². The van der Waals surface area contributed by atoms with Crippen LogP contribution in [0.3, 0.4) is 0 Å². The van der Waals surface area contributed by atoms with Gasteiger partial charge in [-0.3, -0.25) is 9.59 Å². The predicted octanol–water partition coefficient (Wildman–Crippen LogP) is 3.82. The number of hydrogen-bond acceptors (Lipinski definition) is 3. The highest BCUT2D eigenvalue weighted by molar-refractivity contribution is 6.01. The van der Waals surface area contributed by atoms with E-state index in [2.05, 4.69) is 10.1 Å². The van der Waals surface area contributed by atoms with Gasteiger partial charge in [-0.1, -0.05) is 30.7 Å². The summed E-state index contributed by atoms with van der Waals surface area (Å²) in [4.78, 5) is 22.7. The molecule has 0 saturated heterocycles. The molecular formula is C18H19F2NO4. The first-order chi connectivity index (χ1) is 12.0. The number of benzene rings is 2. The molecule has 25 heavy (non-hydrogen) atoms. The minimum absolute atomic E-state index is 0.0459. The normalized spacial score (nSPS) is 10.8. The second-order valence-electron chi connectivity index (χ2n) is 5.53. The van der Waals surface area contributed by atoms with Crippen LogP contribution in [0.5, 0.6) is 5.75 Å². The number of amides is 1. The standard InChI is InChI=1S/C18H19F2NO4/c19-18(20)25-15-11-13-7-4-3-6-12(13)10-14(15)17(24)21-9-5-1-2-8-16(22)23/h3-4,6-7,10-11,18H,1-2,5,8-9H2,(H,21,24)(H,22,23). The Morgan fingerprint density at radius 1 is 1.08 bits per heavy atom. The van der Waals surface area contributed by atoms with E-state index in [1.54, 1.807) is 24.3 Å². The first-order valence-electron chi connectivity index (χ1n) is 7.95. The van der Waals surface area contributed by atoms with Crippen LogP contribution >= 0.6 is 0 Å². The van der Waals surface area contributed by atoms with Crippen LogP contribution < -0.4 is 10.1 Å². The number of rotatable bonds is 9. The number of carbonyl (C=O) groups is 2. The molecule has 0 unspecified atom stereocenters. The number of carboxylic acids is 1. The minimum Gasteiger partial charge on any atom is -0.481 e. The number of nitrogens with one attached hydrogen (secondary N) is 1. The van der Waals surface area contributed by atoms with Crippen LogP contribution in [-0.4, -0.2) is 30.1 Å². The van der Waals surface area contributed by atoms with Crippen LogP contribution in [-0.2, 0) is 4.79 Å². The summed E-state index contributed by atoms with van der Waals surface area (Å²) in [6.07, 6.45) is 1.88. The summed E-state index contributed by atoms with van der Waals surface area (Å²) >= 11 is 0. The van der Waals surface area contributed by atoms with Crippen molar-refractivity contribution in [3.63, 3.8) is 0 Å². The molecule has 0 aliphatic carbocycles. The van der Waals surface area contributed by atoms with Gasteiger partial charge in [0.05, 0.1) is 5.56 Å². The SMILES string of the molecule is O=C(O)CCCCCNC(=O)c1cc2ccccc2cc1OC(F)F. The molecule has 5 nitrogen and oxygen atoms in total. The number of alkyl halides is 2. The van der Waals surface area contributed by atoms with Crippen molar-refractivity contribution in [3.8, 4) is 5.75 Å². The quantitative estimate of drug-likeness (QED) is 0.674. The summed E-state index contributed by atoms with van der Waals surface area (Å²) < 4.78 is 29.7. The summed E-state index contributed by atoms with van der Waals surface area (Å²) in [6.45, 7) is -2.69. The number of unbranched alkanes of at least 4 members (excludes halogenated alkanes) is 2. The fraction of sp³-hybridized carbons (Fsp3) is 0.333. The highest BCUT2D eigenvalue weighted by Gasteiger charge is 2.17. The van der Waals surface area contributed by atoms with E-state index in [1.807, 2.05) is 0 Å². The van der Waals surface area contributed by atoms with Crippen molar-refractivity contribution < 1.29 is 28.2 Å². The van der Waals surface area contributed by atoms with Crippen molar-refractivity contribution in [2.24, 2.45) is 0 Å². The van der Waals surface area contributed by atoms with Gasteiger partial charge in [-0.25, -0.2) is 0 Å². The summed E-state index contributed by atoms with van der Waals surface area (Å²) in [7, 11) is 0. The molecular weight excluding hydrogens is 332 g/mol. The lowest BCUT2D eigenvalue weighted by atomic mass is 10.1. The maximum Gasteiger partial charge on any atom is 0.387 e. The predicted molar refractivity (Wildman–Crippen MR) is 89.0 cm³/mol. The minimum atomic E-state index is -3.02. The molecule has 0 heterocycles. The topological polar surface area (TPSA) is 75.6 Å². The van der Waals surface area contributed by atoms with Crippen LogP contribution in [0.1, 0.15) is 36.0 Å². The Labute approximate surface area is 143 Å². The molecule has 0 aliphatic rings. The molecule has 1 amide bonds. The van der Waals surface area contributed by atoms with Gasteiger partial charge in [0.15, 0.2) is 0 Å². The van der Waals surface area contributed by atoms with Gasteiger partial charge < -0.3 is 15.2 Å². The molecule has 0 aliphatic heterocycles. The molecule has 0 aromatic heterocycles. The lowest BCUT2D eigenvalue weighted by Crippen LogP contribution is -2.25. The molecule has 134 valence electrons. The van der Waals surface area contributed by atoms with Crippen LogP contribution in [0.25, 0.3) is 10.8 Å². The van der Waals surface area contributed by atoms with Crippen molar-refractivity contribution in [1.82, 2.24) is 5.32 Å². The first-order valence-corrected chi connectivity index (χ1v) is 7.95. The number of aliphatic carboxylic acids is 1. The molecule has 0 spiro atoms. The van der Waals surface area contributed by atoms with E-state index in [9.17, 15) is 18.4 Å². The molecule has 2 N–H and O–H groups in total. The Kier molecular flexibility index (Phi) is 6.68. The third-order valence-electron chi connectivity index (χ3n) is 3.66. The molecule has 2 aromatic carbocycles. The van der Waals surface area contributed by atoms with Crippen molar-refractivity contribution in [3.05, 3.63) is 42.0 Å². The molecule has 0 radical (unpaired) electrons. The second-order valence-corrected chi connectivity index (χ2v) is 5.53. The van der Waals surface area contributed by atoms with Crippen LogP contribution in [0.15, 0.2) is 36.4 Å². The molecule has 2 aromatic rings. The van der Waals surface area contributed by atoms with E-state index in [0.717, 1.165) is 5.39 Å². The number of ether oxygens (including phenoxy) is 1. The fourth-order valence-corrected chi connectivity index (χ4v) is 2.47. The van der Waals surface area contributed by atoms with Gasteiger partial charge in [-0.2, -0.15) is 8.78 Å². The third-order valence-corrected chi connectivity index (χ3v) is 3.66. The number of carbonyl (C=O) groups excluding carboxylic acids is 1. The summed E-state index contributed by atoms with van der Waals surface area (Å²) in [5.41, 5.74) is 0.0459. The van der Waals surface area contributed by atoms with Gasteiger partial charge in [0.1, 0.15) is 5.75 Å². The van der Waals surface area contributed by atoms with Crippen LogP contribution in [0.4, 0.5) is 8.78 Å². The number of halogens is 2. The highest BCUT2D eigenvalue weighted by Crippen LogP contribution is 2.27. The fourth-order valence-electron chi connectivity index (χ4n) is 2.47. The second kappa shape index (κ2) is 8.96. The van der Waals surface area contributed by atoms with Gasteiger partial charge in [0.2, 0.25) is 0 Å². The maximum atomic E-state index is 12.6. The van der Waals surface area contributed by atoms with Gasteiger partial charge in [-0.15, -0.1) is 0 Å². The molecule has 7 heteroatoms. The highest BCUT2D eigenvalue weighted by atomic mass is 19.3. The van der Waals surface area contributed by atoms with E-state index in [1.165, 1.54) is 12.1 Å². The van der Waals surface area contributed by atoms with Gasteiger partial charge in [0.25, 0.3) is 5.91 Å². The van der Waals surface area contributed by atoms with Crippen LogP contribution in [0, 0.1) is 0 Å². The van der Waals surface area contributed by atoms with E-state index in [-0.39, 0.29) is 17.7 Å². The average molecular weight is 351 g/mol. The Hall–Kier alpha value is -2.70. The van der Waals surface area contributed by atoms with Gasteiger partial charge >= 0.3 is 12.6 Å². The Bertz CT molecular complexity index is 749. The number of hydrogen-bond donors (Lipinski definition) is 2. The van der Waals surface area contributed by atoms with Crippen LogP contribution in [0.2, 0.25) is 0 Å². The van der Waals surface area contributed by atoms with Crippen molar-refractivity contribution in [2.75, 3.05) is 6.54 Å². The zero-order valence-corrected chi connectivity index (χ0v) is 13.5. The largest absolute Gasteiger partial charge is 0.481 e. The third kappa shape index (κ3) is 5.70. The summed E-state index contributed by atoms with van der Waals surface area (Å²) in [5.74, 6) is -1.52. The van der Waals surface area contributed by atoms with Crippen molar-refractivity contribution in [2.45, 2.75) is 32.3 Å². The Balaban J connectivity index is 2.04. The smallest absolute Gasteiger partial charge is 0.387 e. The molecule has 0 atom stereocenters. The molecule has 2 rings (SSSR count). The lowest BCUT2D eigenvalue weighted by Gasteiger charge is -2.12. The maximum absolute atomic E-state index is 12.6. The monoisotopic (exact) mass is 351 g/mol. The molecule has 0 saturated carbocycles. The van der Waals surface area contributed by atoms with E-state index >= 15 is 0 Å². The number of carboxylic acid groups (broad SMARTS) is 1.